The molecule has 0 radical (unpaired) electrons. The lowest BCUT2D eigenvalue weighted by atomic mass is 10.3. The number of nitrogens with zero attached hydrogens (tertiary/aromatic N) is 1. The quantitative estimate of drug-likeness (QED) is 0.327. The van der Waals surface area contributed by atoms with Gasteiger partial charge in [-0.3, -0.25) is 9.59 Å². The second kappa shape index (κ2) is 10.5. The lowest BCUT2D eigenvalue weighted by Crippen LogP contribution is -2.28. The molecule has 0 saturated carbocycles. The Kier molecular flexibility index (Phi) is 8.25. The minimum atomic E-state index is -1.02. The summed E-state index contributed by atoms with van der Waals surface area (Å²) in [6, 6.07) is 8.84. The molecule has 8 heteroatoms. The van der Waals surface area contributed by atoms with Crippen LogP contribution in [0.3, 0.4) is 0 Å². The molecule has 24 heavy (non-hydrogen) atoms. The third-order valence-electron chi connectivity index (χ3n) is 2.81. The lowest BCUT2D eigenvalue weighted by Gasteiger charge is -2.07. The van der Waals surface area contributed by atoms with Crippen LogP contribution in [0.2, 0.25) is 0 Å². The van der Waals surface area contributed by atoms with Crippen molar-refractivity contribution in [1.29, 1.82) is 5.26 Å². The molecule has 0 aliphatic heterocycles. The molecule has 0 bridgehead atoms. The van der Waals surface area contributed by atoms with E-state index < -0.39 is 11.9 Å². The highest BCUT2D eigenvalue weighted by Crippen LogP contribution is 2.16. The molecule has 0 spiro atoms. The van der Waals surface area contributed by atoms with Gasteiger partial charge in [-0.1, -0.05) is 0 Å². The predicted octanol–water partition coefficient (Wildman–Crippen LogP) is 0.662. The molecule has 8 nitrogen and oxygen atoms in total. The van der Waals surface area contributed by atoms with E-state index in [-0.39, 0.29) is 18.5 Å². The van der Waals surface area contributed by atoms with Crippen molar-refractivity contribution >= 4 is 11.9 Å². The topological polar surface area (TPSA) is 121 Å². The van der Waals surface area contributed by atoms with Gasteiger partial charge < -0.3 is 25.2 Å². The molecule has 128 valence electrons. The third kappa shape index (κ3) is 7.17. The lowest BCUT2D eigenvalue weighted by molar-refractivity contribution is -0.136. The first-order valence-corrected chi connectivity index (χ1v) is 7.17. The Balaban J connectivity index is 2.31. The number of carboxylic acids is 1. The Morgan fingerprint density at radius 2 is 1.92 bits per heavy atom. The van der Waals surface area contributed by atoms with Gasteiger partial charge in [-0.2, -0.15) is 5.26 Å². The van der Waals surface area contributed by atoms with Crippen LogP contribution in [0, 0.1) is 11.3 Å². The van der Waals surface area contributed by atoms with E-state index in [1.807, 2.05) is 0 Å². The zero-order valence-electron chi connectivity index (χ0n) is 13.2. The average molecular weight is 333 g/mol. The third-order valence-corrected chi connectivity index (χ3v) is 2.81. The normalized spacial score (nSPS) is 10.4. The number of aliphatic carboxylic acids is 1. The van der Waals surface area contributed by atoms with Crippen LogP contribution < -0.4 is 20.1 Å². The minimum Gasteiger partial charge on any atom is -0.497 e. The molecular weight excluding hydrogens is 314 g/mol. The monoisotopic (exact) mass is 333 g/mol. The van der Waals surface area contributed by atoms with Gasteiger partial charge in [-0.25, -0.2) is 0 Å². The summed E-state index contributed by atoms with van der Waals surface area (Å²) in [5.41, 5.74) is -0.134. The fraction of sp³-hybridized carbons (Fsp3) is 0.312. The molecule has 0 aromatic heterocycles. The van der Waals surface area contributed by atoms with Crippen molar-refractivity contribution in [3.05, 3.63) is 36.0 Å². The Labute approximate surface area is 139 Å². The van der Waals surface area contributed by atoms with Crippen molar-refractivity contribution in [2.45, 2.75) is 6.42 Å². The molecule has 0 saturated heterocycles. The Morgan fingerprint density at radius 3 is 2.50 bits per heavy atom. The number of nitriles is 1. The number of benzene rings is 1. The summed E-state index contributed by atoms with van der Waals surface area (Å²) in [5, 5.41) is 22.5. The van der Waals surface area contributed by atoms with Crippen LogP contribution in [0.1, 0.15) is 6.42 Å². The molecule has 1 rings (SSSR count). The molecule has 0 heterocycles. The molecule has 0 aliphatic rings. The SMILES string of the molecule is COc1ccc(OCCN/C=C(/C#N)C(=O)NCCC(=O)O)cc1. The predicted molar refractivity (Wildman–Crippen MR) is 85.5 cm³/mol. The van der Waals surface area contributed by atoms with Gasteiger partial charge in [0.25, 0.3) is 5.91 Å². The number of methoxy groups -OCH3 is 1. The summed E-state index contributed by atoms with van der Waals surface area (Å²) < 4.78 is 10.5. The van der Waals surface area contributed by atoms with E-state index in [0.29, 0.717) is 18.9 Å². The number of carboxylic acid groups (broad SMARTS) is 1. The van der Waals surface area contributed by atoms with Crippen molar-refractivity contribution in [3.8, 4) is 17.6 Å². The highest BCUT2D eigenvalue weighted by Gasteiger charge is 2.08. The number of nitrogens with one attached hydrogen (secondary N) is 2. The van der Waals surface area contributed by atoms with Gasteiger partial charge in [-0.15, -0.1) is 0 Å². The van der Waals surface area contributed by atoms with Crippen LogP contribution in [0.25, 0.3) is 0 Å². The van der Waals surface area contributed by atoms with E-state index in [2.05, 4.69) is 10.6 Å². The summed E-state index contributed by atoms with van der Waals surface area (Å²) >= 11 is 0. The first kappa shape index (κ1) is 18.8. The summed E-state index contributed by atoms with van der Waals surface area (Å²) in [6.45, 7) is 0.690. The Morgan fingerprint density at radius 1 is 1.25 bits per heavy atom. The van der Waals surface area contributed by atoms with Crippen LogP contribution in [0.15, 0.2) is 36.0 Å². The molecule has 0 fully saturated rings. The Bertz CT molecular complexity index is 620. The maximum absolute atomic E-state index is 11.6. The summed E-state index contributed by atoms with van der Waals surface area (Å²) in [4.78, 5) is 22.0. The summed E-state index contributed by atoms with van der Waals surface area (Å²) in [7, 11) is 1.58. The molecular formula is C16H19N3O5. The minimum absolute atomic E-state index is 0.0340. The molecule has 0 unspecified atom stereocenters. The Hall–Kier alpha value is -3.21. The second-order valence-corrected chi connectivity index (χ2v) is 4.55. The first-order chi connectivity index (χ1) is 11.6. The first-order valence-electron chi connectivity index (χ1n) is 7.17. The van der Waals surface area contributed by atoms with Gasteiger partial charge in [0.2, 0.25) is 0 Å². The fourth-order valence-electron chi connectivity index (χ4n) is 1.60. The van der Waals surface area contributed by atoms with Crippen LogP contribution in [-0.2, 0) is 9.59 Å². The molecule has 0 aliphatic carbocycles. The van der Waals surface area contributed by atoms with E-state index in [0.717, 1.165) is 5.75 Å². The standard InChI is InChI=1S/C16H19N3O5/c1-23-13-2-4-14(5-3-13)24-9-8-18-11-12(10-17)16(22)19-7-6-15(20)21/h2-5,11,18H,6-9H2,1H3,(H,19,22)(H,20,21)/b12-11-. The molecule has 1 amide bonds. The second-order valence-electron chi connectivity index (χ2n) is 4.55. The van der Waals surface area contributed by atoms with Crippen LogP contribution in [0.4, 0.5) is 0 Å². The zero-order chi connectivity index (χ0) is 17.8. The van der Waals surface area contributed by atoms with Crippen LogP contribution in [-0.4, -0.2) is 43.8 Å². The van der Waals surface area contributed by atoms with Crippen molar-refractivity contribution in [1.82, 2.24) is 10.6 Å². The molecule has 0 atom stereocenters. The van der Waals surface area contributed by atoms with E-state index in [9.17, 15) is 9.59 Å². The van der Waals surface area contributed by atoms with Gasteiger partial charge in [0, 0.05) is 19.3 Å². The number of carbonyl (C=O) groups is 2. The van der Waals surface area contributed by atoms with Gasteiger partial charge in [0.15, 0.2) is 0 Å². The summed E-state index contributed by atoms with van der Waals surface area (Å²) in [5.74, 6) is -0.238. The number of hydrogen-bond acceptors (Lipinski definition) is 6. The van der Waals surface area contributed by atoms with Crippen molar-refractivity contribution in [2.24, 2.45) is 0 Å². The zero-order valence-corrected chi connectivity index (χ0v) is 13.2. The smallest absolute Gasteiger partial charge is 0.305 e. The van der Waals surface area contributed by atoms with Crippen molar-refractivity contribution < 1.29 is 24.2 Å². The van der Waals surface area contributed by atoms with Gasteiger partial charge in [0.1, 0.15) is 29.7 Å². The van der Waals surface area contributed by atoms with Crippen LogP contribution in [0.5, 0.6) is 11.5 Å². The highest BCUT2D eigenvalue weighted by atomic mass is 16.5. The maximum atomic E-state index is 11.6. The molecule has 3 N–H and O–H groups in total. The molecule has 1 aromatic carbocycles. The number of ether oxygens (including phenoxy) is 2. The van der Waals surface area contributed by atoms with Crippen molar-refractivity contribution in [2.75, 3.05) is 26.8 Å². The van der Waals surface area contributed by atoms with Crippen LogP contribution >= 0.6 is 0 Å². The average Bonchev–Trinajstić information content (AvgIpc) is 2.58. The van der Waals surface area contributed by atoms with Crippen molar-refractivity contribution in [3.63, 3.8) is 0 Å². The number of carbonyl (C=O) groups excluding carboxylic acids is 1. The number of rotatable bonds is 10. The van der Waals surface area contributed by atoms with E-state index in [4.69, 9.17) is 19.8 Å². The van der Waals surface area contributed by atoms with Gasteiger partial charge in [-0.05, 0) is 24.3 Å². The number of hydrogen-bond donors (Lipinski definition) is 3. The van der Waals surface area contributed by atoms with E-state index >= 15 is 0 Å². The van der Waals surface area contributed by atoms with E-state index in [1.54, 1.807) is 37.4 Å². The summed E-state index contributed by atoms with van der Waals surface area (Å²) in [6.07, 6.45) is 1.07. The van der Waals surface area contributed by atoms with Gasteiger partial charge in [0.05, 0.1) is 13.5 Å². The number of amides is 1. The van der Waals surface area contributed by atoms with Gasteiger partial charge >= 0.3 is 5.97 Å². The highest BCUT2D eigenvalue weighted by molar-refractivity contribution is 5.97. The fourth-order valence-corrected chi connectivity index (χ4v) is 1.60. The molecule has 1 aromatic rings. The maximum Gasteiger partial charge on any atom is 0.305 e. The van der Waals surface area contributed by atoms with E-state index in [1.165, 1.54) is 6.20 Å². The largest absolute Gasteiger partial charge is 0.497 e.